The first kappa shape index (κ1) is 23.1. The first-order valence-corrected chi connectivity index (χ1v) is 11.5. The van der Waals surface area contributed by atoms with E-state index in [-0.39, 0.29) is 15.7 Å². The van der Waals surface area contributed by atoms with Gasteiger partial charge in [-0.1, -0.05) is 41.7 Å². The maximum atomic E-state index is 13.2. The second-order valence-electron chi connectivity index (χ2n) is 8.60. The Morgan fingerprint density at radius 1 is 1.09 bits per heavy atom. The molecule has 8 nitrogen and oxygen atoms in total. The van der Waals surface area contributed by atoms with Crippen LogP contribution in [0, 0.1) is 15.5 Å². The van der Waals surface area contributed by atoms with Crippen molar-refractivity contribution in [2.75, 3.05) is 18.0 Å². The number of hydrogen-bond donors (Lipinski definition) is 0. The van der Waals surface area contributed by atoms with Crippen molar-refractivity contribution in [3.05, 3.63) is 74.1 Å². The van der Waals surface area contributed by atoms with E-state index in [0.29, 0.717) is 44.5 Å². The molecule has 5 rings (SSSR count). The van der Waals surface area contributed by atoms with Crippen LogP contribution >= 0.6 is 11.3 Å². The van der Waals surface area contributed by atoms with Gasteiger partial charge in [0.25, 0.3) is 17.2 Å². The Bertz CT molecular complexity index is 1440. The van der Waals surface area contributed by atoms with Crippen LogP contribution in [0.15, 0.2) is 52.3 Å². The molecule has 0 aliphatic carbocycles. The van der Waals surface area contributed by atoms with Gasteiger partial charge in [-0.25, -0.2) is 4.99 Å². The molecule has 3 aromatic rings. The first-order chi connectivity index (χ1) is 16.6. The number of nitrogens with zero attached hydrogens (tertiary/aromatic N) is 4. The fraction of sp³-hybridized carbons (Fsp3) is 0.304. The molecule has 1 saturated heterocycles. The summed E-state index contributed by atoms with van der Waals surface area (Å²) in [6.45, 7) is 0.707. The van der Waals surface area contributed by atoms with Crippen molar-refractivity contribution < 1.29 is 22.9 Å². The first-order valence-electron chi connectivity index (χ1n) is 10.7. The molecule has 1 aromatic heterocycles. The SMILES string of the molecule is O=C1N=C(c2ccccc2)CC12CCN(c1nc(=O)c3cc(C(F)(F)F)cc([N+](=O)[O-])c3s1)CC2. The molecule has 180 valence electrons. The van der Waals surface area contributed by atoms with Crippen LogP contribution in [0.5, 0.6) is 0 Å². The smallest absolute Gasteiger partial charge is 0.348 e. The average molecular weight is 502 g/mol. The number of aliphatic imine (C=N–C) groups is 1. The van der Waals surface area contributed by atoms with Gasteiger partial charge in [0.1, 0.15) is 4.70 Å². The number of fused-ring (bicyclic) bond motifs is 1. The Hall–Kier alpha value is -3.67. The lowest BCUT2D eigenvalue weighted by Gasteiger charge is -2.37. The number of alkyl halides is 3. The number of carbonyl (C=O) groups excluding carboxylic acids is 1. The number of anilines is 1. The van der Waals surface area contributed by atoms with Crippen molar-refractivity contribution in [1.82, 2.24) is 4.98 Å². The van der Waals surface area contributed by atoms with E-state index >= 15 is 0 Å². The Labute approximate surface area is 199 Å². The Morgan fingerprint density at radius 2 is 1.77 bits per heavy atom. The molecule has 12 heteroatoms. The number of hydrogen-bond acceptors (Lipinski definition) is 7. The largest absolute Gasteiger partial charge is 0.416 e. The number of benzene rings is 2. The maximum Gasteiger partial charge on any atom is 0.416 e. The molecular formula is C23H17F3N4O4S. The minimum Gasteiger partial charge on any atom is -0.348 e. The second kappa shape index (κ2) is 8.22. The summed E-state index contributed by atoms with van der Waals surface area (Å²) in [5.74, 6) is -0.189. The van der Waals surface area contributed by atoms with Gasteiger partial charge in [-0.2, -0.15) is 18.2 Å². The van der Waals surface area contributed by atoms with E-state index < -0.39 is 38.7 Å². The van der Waals surface area contributed by atoms with Gasteiger partial charge in [0, 0.05) is 25.6 Å². The summed E-state index contributed by atoms with van der Waals surface area (Å²) < 4.78 is 39.4. The summed E-state index contributed by atoms with van der Waals surface area (Å²) >= 11 is 0.803. The third kappa shape index (κ3) is 4.07. The van der Waals surface area contributed by atoms with Gasteiger partial charge in [-0.3, -0.25) is 19.7 Å². The van der Waals surface area contributed by atoms with Gasteiger partial charge in [-0.05, 0) is 24.5 Å². The zero-order valence-electron chi connectivity index (χ0n) is 18.0. The van der Waals surface area contributed by atoms with Gasteiger partial charge in [0.2, 0.25) is 0 Å². The number of nitro groups is 1. The number of halogens is 3. The molecule has 0 atom stereocenters. The Kier molecular flexibility index (Phi) is 5.42. The molecule has 2 aromatic carbocycles. The fourth-order valence-corrected chi connectivity index (χ4v) is 5.68. The lowest BCUT2D eigenvalue weighted by Crippen LogP contribution is -2.43. The third-order valence-corrected chi connectivity index (χ3v) is 7.67. The summed E-state index contributed by atoms with van der Waals surface area (Å²) in [4.78, 5) is 45.9. The average Bonchev–Trinajstić information content (AvgIpc) is 3.14. The van der Waals surface area contributed by atoms with Crippen molar-refractivity contribution in [2.45, 2.75) is 25.4 Å². The van der Waals surface area contributed by atoms with Gasteiger partial charge in [0.15, 0.2) is 5.13 Å². The van der Waals surface area contributed by atoms with Crippen molar-refractivity contribution in [3.63, 3.8) is 0 Å². The molecule has 2 aliphatic rings. The zero-order valence-corrected chi connectivity index (χ0v) is 18.9. The molecule has 0 saturated carbocycles. The lowest BCUT2D eigenvalue weighted by molar-refractivity contribution is -0.383. The van der Waals surface area contributed by atoms with Crippen LogP contribution in [-0.4, -0.2) is 34.6 Å². The standard InChI is InChI=1S/C23H17F3N4O4S/c24-23(25,26)14-10-15-18(17(11-14)30(33)34)35-21(28-19(15)31)29-8-6-22(7-9-29)12-16(27-20(22)32)13-4-2-1-3-5-13/h1-5,10-11H,6-9,12H2. The van der Waals surface area contributed by atoms with E-state index in [2.05, 4.69) is 9.98 Å². The van der Waals surface area contributed by atoms with Crippen LogP contribution in [0.3, 0.4) is 0 Å². The van der Waals surface area contributed by atoms with E-state index in [9.17, 15) is 32.9 Å². The van der Waals surface area contributed by atoms with Crippen LogP contribution in [0.4, 0.5) is 24.0 Å². The number of carbonyl (C=O) groups is 1. The number of non-ortho nitro benzene ring substituents is 1. The van der Waals surface area contributed by atoms with Crippen molar-refractivity contribution in [2.24, 2.45) is 10.4 Å². The lowest BCUT2D eigenvalue weighted by atomic mass is 9.75. The van der Waals surface area contributed by atoms with E-state index in [1.807, 2.05) is 30.3 Å². The van der Waals surface area contributed by atoms with Crippen LogP contribution < -0.4 is 10.5 Å². The normalized spacial score (nSPS) is 17.7. The molecule has 1 amide bonds. The highest BCUT2D eigenvalue weighted by Gasteiger charge is 2.46. The van der Waals surface area contributed by atoms with E-state index in [1.54, 1.807) is 4.90 Å². The third-order valence-electron chi connectivity index (χ3n) is 6.51. The molecule has 0 unspecified atom stereocenters. The summed E-state index contributed by atoms with van der Waals surface area (Å²) in [7, 11) is 0. The number of amides is 1. The van der Waals surface area contributed by atoms with Crippen LogP contribution in [0.1, 0.15) is 30.4 Å². The summed E-state index contributed by atoms with van der Waals surface area (Å²) in [5.41, 5.74) is -2.06. The van der Waals surface area contributed by atoms with Gasteiger partial charge in [-0.15, -0.1) is 0 Å². The molecule has 3 heterocycles. The molecule has 1 fully saturated rings. The van der Waals surface area contributed by atoms with Crippen LogP contribution in [-0.2, 0) is 11.0 Å². The minimum absolute atomic E-state index is 0.162. The highest BCUT2D eigenvalue weighted by molar-refractivity contribution is 7.22. The van der Waals surface area contributed by atoms with Gasteiger partial charge in [0.05, 0.1) is 27.0 Å². The maximum absolute atomic E-state index is 13.2. The van der Waals surface area contributed by atoms with E-state index in [1.165, 1.54) is 0 Å². The fourth-order valence-electron chi connectivity index (χ4n) is 4.57. The zero-order chi connectivity index (χ0) is 25.0. The molecule has 35 heavy (non-hydrogen) atoms. The topological polar surface area (TPSA) is 106 Å². The number of piperidine rings is 1. The van der Waals surface area contributed by atoms with Gasteiger partial charge >= 0.3 is 6.18 Å². The molecule has 0 radical (unpaired) electrons. The molecule has 0 N–H and O–H groups in total. The number of nitro benzene ring substituents is 1. The van der Waals surface area contributed by atoms with Gasteiger partial charge < -0.3 is 4.90 Å². The quantitative estimate of drug-likeness (QED) is 0.383. The van der Waals surface area contributed by atoms with E-state index in [0.717, 1.165) is 22.6 Å². The Balaban J connectivity index is 1.43. The van der Waals surface area contributed by atoms with Crippen molar-refractivity contribution in [1.29, 1.82) is 0 Å². The van der Waals surface area contributed by atoms with Crippen LogP contribution in [0.25, 0.3) is 10.1 Å². The number of rotatable bonds is 3. The summed E-state index contributed by atoms with van der Waals surface area (Å²) in [6.07, 6.45) is -3.45. The predicted molar refractivity (Wildman–Crippen MR) is 124 cm³/mol. The van der Waals surface area contributed by atoms with Crippen LogP contribution in [0.2, 0.25) is 0 Å². The monoisotopic (exact) mass is 502 g/mol. The highest BCUT2D eigenvalue weighted by atomic mass is 32.1. The summed E-state index contributed by atoms with van der Waals surface area (Å²) in [5, 5.41) is 11.2. The second-order valence-corrected chi connectivity index (χ2v) is 9.58. The predicted octanol–water partition coefficient (Wildman–Crippen LogP) is 4.59. The molecule has 0 bridgehead atoms. The highest BCUT2D eigenvalue weighted by Crippen LogP contribution is 2.44. The van der Waals surface area contributed by atoms with E-state index in [4.69, 9.17) is 0 Å². The van der Waals surface area contributed by atoms with Crippen molar-refractivity contribution in [3.8, 4) is 0 Å². The molecular weight excluding hydrogens is 485 g/mol. The summed E-state index contributed by atoms with van der Waals surface area (Å²) in [6, 6.07) is 10.5. The Morgan fingerprint density at radius 3 is 2.40 bits per heavy atom. The molecule has 1 spiro atoms. The van der Waals surface area contributed by atoms with Crippen molar-refractivity contribution >= 4 is 43.9 Å². The minimum atomic E-state index is -4.84. The number of aromatic nitrogens is 1. The molecule has 2 aliphatic heterocycles.